The number of nitrogen functional groups attached to an aromatic ring is 4. The first kappa shape index (κ1) is 88.1. The summed E-state index contributed by atoms with van der Waals surface area (Å²) < 4.78 is 22.8. The minimum Gasteiger partial charge on any atom is -0.463 e. The number of hydrogen-bond acceptors (Lipinski definition) is 28. The largest absolute Gasteiger partial charge is 0.463 e. The fraction of sp³-hybridized carbons (Fsp3) is 0.527. The highest BCUT2D eigenvalue weighted by atomic mass is 16.5. The number of unbranched alkanes of at least 4 members (excludes halogenated alkanes) is 4. The average Bonchev–Trinajstić information content (AvgIpc) is 1.57. The van der Waals surface area contributed by atoms with Crippen molar-refractivity contribution >= 4 is 69.7 Å². The van der Waals surface area contributed by atoms with Crippen molar-refractivity contribution in [2.75, 3.05) is 121 Å². The molecule has 16 rings (SSSR count). The number of carbonyl (C=O) groups excluding carboxylic acids is 4. The molecule has 2 atom stereocenters. The van der Waals surface area contributed by atoms with E-state index in [2.05, 4.69) is 201 Å². The van der Waals surface area contributed by atoms with Gasteiger partial charge in [-0.1, -0.05) is 139 Å². The van der Waals surface area contributed by atoms with E-state index in [4.69, 9.17) is 41.9 Å². The van der Waals surface area contributed by atoms with Crippen LogP contribution in [0.3, 0.4) is 0 Å². The van der Waals surface area contributed by atoms with E-state index in [9.17, 15) is 19.2 Å². The average molecular weight is 1650 g/mol. The molecule has 0 saturated carbocycles. The summed E-state index contributed by atoms with van der Waals surface area (Å²) in [5.41, 5.74) is 41.9. The van der Waals surface area contributed by atoms with Crippen molar-refractivity contribution in [2.24, 2.45) is 0 Å². The molecule has 0 spiro atoms. The molecule has 0 aliphatic carbocycles. The third kappa shape index (κ3) is 22.9. The van der Waals surface area contributed by atoms with Gasteiger partial charge in [-0.3, -0.25) is 33.9 Å². The second kappa shape index (κ2) is 41.7. The van der Waals surface area contributed by atoms with Gasteiger partial charge in [-0.2, -0.15) is 39.9 Å². The lowest BCUT2D eigenvalue weighted by atomic mass is 9.96. The number of anilines is 8. The Labute approximate surface area is 713 Å². The number of aromatic nitrogens is 8. The van der Waals surface area contributed by atoms with Gasteiger partial charge in [0.2, 0.25) is 0 Å². The molecule has 4 aromatic carbocycles. The summed E-state index contributed by atoms with van der Waals surface area (Å²) >= 11 is 0. The highest BCUT2D eigenvalue weighted by Crippen LogP contribution is 2.38. The van der Waals surface area contributed by atoms with Crippen LogP contribution < -0.4 is 66.8 Å². The molecular formula is C93H126N20O8. The Morgan fingerprint density at radius 2 is 0.752 bits per heavy atom. The van der Waals surface area contributed by atoms with Crippen LogP contribution in [0.1, 0.15) is 210 Å². The molecule has 28 heteroatoms. The molecule has 4 aromatic heterocycles. The van der Waals surface area contributed by atoms with Crippen molar-refractivity contribution in [3.05, 3.63) is 162 Å². The summed E-state index contributed by atoms with van der Waals surface area (Å²) in [4.78, 5) is 101. The van der Waals surface area contributed by atoms with Gasteiger partial charge in [0.05, 0.1) is 52.6 Å². The molecule has 0 radical (unpaired) electrons. The minimum atomic E-state index is 0.128. The van der Waals surface area contributed by atoms with E-state index in [0.29, 0.717) is 166 Å². The van der Waals surface area contributed by atoms with Gasteiger partial charge in [0.1, 0.15) is 46.5 Å². The normalized spacial score (nSPS) is 17.5. The van der Waals surface area contributed by atoms with Gasteiger partial charge in [-0.25, -0.2) is 0 Å². The molecular weight excluding hydrogens is 1530 g/mol. The van der Waals surface area contributed by atoms with E-state index >= 15 is 0 Å². The first-order chi connectivity index (χ1) is 58.6. The zero-order valence-corrected chi connectivity index (χ0v) is 72.7. The lowest BCUT2D eigenvalue weighted by Gasteiger charge is -2.33. The molecule has 2 unspecified atom stereocenters. The Morgan fingerprint density at radius 1 is 0.405 bits per heavy atom. The second-order valence-corrected chi connectivity index (χ2v) is 33.8. The number of rotatable bonds is 28. The van der Waals surface area contributed by atoms with Crippen LogP contribution in [0.5, 0.6) is 24.0 Å². The van der Waals surface area contributed by atoms with E-state index < -0.39 is 0 Å². The van der Waals surface area contributed by atoms with Gasteiger partial charge >= 0.3 is 24.0 Å². The topological polar surface area (TPSA) is 347 Å². The van der Waals surface area contributed by atoms with Crippen LogP contribution >= 0.6 is 0 Å². The summed E-state index contributed by atoms with van der Waals surface area (Å²) in [6.45, 7) is 33.9. The molecule has 12 heterocycles. The number of Topliss-reactive ketones (excluding diaryl/α,β-unsaturated/α-hetero) is 4. The summed E-state index contributed by atoms with van der Waals surface area (Å²) in [6.07, 6.45) is 14.7. The molecule has 121 heavy (non-hydrogen) atoms. The smallest absolute Gasteiger partial charge is 0.320 e. The molecule has 1 fully saturated rings. The number of likely N-dealkylation sites (tertiary alicyclic amines) is 1. The lowest BCUT2D eigenvalue weighted by Crippen LogP contribution is -2.37. The van der Waals surface area contributed by atoms with Crippen molar-refractivity contribution in [2.45, 2.75) is 242 Å². The number of benzene rings is 4. The zero-order chi connectivity index (χ0) is 85.2. The number of nitrogens with zero attached hydrogens (tertiary/aromatic N) is 15. The molecule has 1 saturated heterocycles. The van der Waals surface area contributed by atoms with Crippen molar-refractivity contribution in [1.29, 1.82) is 0 Å². The zero-order valence-electron chi connectivity index (χ0n) is 72.7. The van der Waals surface area contributed by atoms with Crippen LogP contribution in [-0.2, 0) is 116 Å². The number of hydrogen-bond donors (Lipinski definition) is 5. The Kier molecular flexibility index (Phi) is 30.4. The third-order valence-corrected chi connectivity index (χ3v) is 24.1. The van der Waals surface area contributed by atoms with Crippen LogP contribution in [0.25, 0.3) is 0 Å². The van der Waals surface area contributed by atoms with Gasteiger partial charge < -0.3 is 66.8 Å². The van der Waals surface area contributed by atoms with Crippen molar-refractivity contribution in [3.8, 4) is 24.0 Å². The first-order valence-corrected chi connectivity index (χ1v) is 44.2. The summed E-state index contributed by atoms with van der Waals surface area (Å²) in [5.74, 6) is 4.77. The molecule has 8 aliphatic rings. The van der Waals surface area contributed by atoms with Crippen LogP contribution in [-0.4, -0.2) is 175 Å². The third-order valence-electron chi connectivity index (χ3n) is 24.1. The highest BCUT2D eigenvalue weighted by molar-refractivity contribution is 5.93. The fourth-order valence-corrected chi connectivity index (χ4v) is 17.1. The molecule has 646 valence electrons. The summed E-state index contributed by atoms with van der Waals surface area (Å²) in [6, 6.07) is 31.6. The standard InChI is InChI=1S/C25H35N5O2.C24H33N5O2.C23H31N5O2.C21H27N5O2/c1-4-5-11-32-25-27-23(26)22-13-21(31)16-29(24(22)28-25)14-19-7-6-8-20(12-19)15-30-17(2)9-10-18(30)3;1-4-5-10-31-24-26-22(25)21-12-20(30)15-29(23(21)27-24)13-17-6-7-19-14-28(16(2)3)9-8-18(19)11-17;1-3-5-10-30-23-25-21(24)20-12-19(29)15-28(22(20)26-23)13-16-6-7-18-14-27(4-2)9-8-17(18)11-16;1-2-3-8-28-21-24-19(22)18-10-17(27)13-26(20(18)25-21)12-14-4-5-16-11-23-7-6-15(16)9-14/h6-8,12,17-18H,4-5,9-11,13-16H2,1-3H3,(H2,26,27,28);6-7,11,16H,4-5,8-10,12-15H2,1-3H3,(H2,25,26,27);6-7,11H,3-5,8-10,12-15H2,1-2H3,(H2,24,25,26);4-5,9,23H,2-3,6-8,10-13H2,1H3,(H2,22,24,25). The quantitative estimate of drug-likeness (QED) is 0.0284. The minimum absolute atomic E-state index is 0.128. The van der Waals surface area contributed by atoms with Crippen LogP contribution in [0.4, 0.5) is 46.5 Å². The highest BCUT2D eigenvalue weighted by Gasteiger charge is 2.35. The van der Waals surface area contributed by atoms with Gasteiger partial charge in [-0.05, 0) is 160 Å². The number of likely N-dealkylation sites (N-methyl/N-ethyl adjacent to an activating group) is 1. The molecule has 0 amide bonds. The van der Waals surface area contributed by atoms with Crippen molar-refractivity contribution in [1.82, 2.24) is 59.9 Å². The first-order valence-electron chi connectivity index (χ1n) is 44.2. The van der Waals surface area contributed by atoms with Crippen LogP contribution in [0, 0.1) is 0 Å². The van der Waals surface area contributed by atoms with Crippen molar-refractivity contribution in [3.63, 3.8) is 0 Å². The van der Waals surface area contributed by atoms with Crippen LogP contribution in [0.15, 0.2) is 78.9 Å². The number of ether oxygens (including phenoxy) is 4. The van der Waals surface area contributed by atoms with Crippen molar-refractivity contribution < 1.29 is 38.1 Å². The summed E-state index contributed by atoms with van der Waals surface area (Å²) in [7, 11) is 0. The molecule has 8 aliphatic heterocycles. The van der Waals surface area contributed by atoms with E-state index in [1.807, 2.05) is 19.6 Å². The van der Waals surface area contributed by atoms with Gasteiger partial charge in [-0.15, -0.1) is 0 Å². The summed E-state index contributed by atoms with van der Waals surface area (Å²) in [5, 5.41) is 3.39. The van der Waals surface area contributed by atoms with E-state index in [0.717, 1.165) is 152 Å². The number of nitrogens with one attached hydrogen (secondary N) is 1. The Morgan fingerprint density at radius 3 is 1.12 bits per heavy atom. The van der Waals surface area contributed by atoms with Gasteiger partial charge in [0, 0.05) is 132 Å². The van der Waals surface area contributed by atoms with Gasteiger partial charge in [0.25, 0.3) is 0 Å². The molecule has 28 nitrogen and oxygen atoms in total. The van der Waals surface area contributed by atoms with E-state index in [-0.39, 0.29) is 48.8 Å². The number of carbonyl (C=O) groups is 4. The molecule has 9 N–H and O–H groups in total. The maximum absolute atomic E-state index is 12.5. The van der Waals surface area contributed by atoms with Crippen LogP contribution in [0.2, 0.25) is 0 Å². The van der Waals surface area contributed by atoms with Gasteiger partial charge in [0.15, 0.2) is 23.1 Å². The maximum atomic E-state index is 12.5. The number of fused-ring (bicyclic) bond motifs is 7. The Hall–Kier alpha value is -10.7. The molecule has 0 bridgehead atoms. The SMILES string of the molecule is CCCCOc1nc(N)c2c(n1)N(Cc1ccc3c(c1)CCN(C(C)C)C3)CC(=O)C2.CCCCOc1nc(N)c2c(n1)N(Cc1ccc3c(c1)CCN(CC)C3)CC(=O)C2.CCCCOc1nc(N)c2c(n1)N(Cc1ccc3c(c1)CCNC3)CC(=O)C2.CCCCOc1nc(N)c2c(n1)N(Cc1cccc(CN3C(C)CCC3C)c1)CC(=O)C2. The second-order valence-electron chi connectivity index (χ2n) is 33.8. The Bertz CT molecular complexity index is 4940. The van der Waals surface area contributed by atoms with E-state index in [1.54, 1.807) is 0 Å². The number of nitrogens with two attached hydrogens (primary N) is 4. The predicted octanol–water partition coefficient (Wildman–Crippen LogP) is 11.6. The lowest BCUT2D eigenvalue weighted by molar-refractivity contribution is -0.118. The molecule has 8 aromatic rings. The Balaban J connectivity index is 0.000000139. The van der Waals surface area contributed by atoms with E-state index in [1.165, 1.54) is 68.5 Å². The maximum Gasteiger partial charge on any atom is 0.320 e. The predicted molar refractivity (Wildman–Crippen MR) is 475 cm³/mol. The monoisotopic (exact) mass is 1650 g/mol. The number of ketones is 4. The fourth-order valence-electron chi connectivity index (χ4n) is 17.1.